The van der Waals surface area contributed by atoms with Crippen molar-refractivity contribution in [3.63, 3.8) is 0 Å². The number of aliphatic hydroxyl groups excluding tert-OH is 1. The van der Waals surface area contributed by atoms with E-state index in [2.05, 4.69) is 9.97 Å². The SMILES string of the molecule is OC/C(F)=C/c1ccc(Cc2ncc[nH]2)cc1. The van der Waals surface area contributed by atoms with Crippen LogP contribution in [0.2, 0.25) is 0 Å². The summed E-state index contributed by atoms with van der Waals surface area (Å²) in [5.74, 6) is 0.360. The van der Waals surface area contributed by atoms with Gasteiger partial charge in [-0.05, 0) is 17.2 Å². The van der Waals surface area contributed by atoms with Crippen molar-refractivity contribution in [2.45, 2.75) is 6.42 Å². The van der Waals surface area contributed by atoms with Gasteiger partial charge in [-0.1, -0.05) is 24.3 Å². The third kappa shape index (κ3) is 3.26. The molecule has 0 aliphatic carbocycles. The first-order chi connectivity index (χ1) is 8.28. The third-order valence-electron chi connectivity index (χ3n) is 2.38. The second kappa shape index (κ2) is 5.41. The lowest BCUT2D eigenvalue weighted by molar-refractivity contribution is 0.300. The van der Waals surface area contributed by atoms with Crippen LogP contribution in [0, 0.1) is 0 Å². The van der Waals surface area contributed by atoms with Crippen LogP contribution in [0.3, 0.4) is 0 Å². The Balaban J connectivity index is 2.08. The maximum absolute atomic E-state index is 12.8. The molecule has 1 heterocycles. The molecule has 0 unspecified atom stereocenters. The smallest absolute Gasteiger partial charge is 0.126 e. The highest BCUT2D eigenvalue weighted by molar-refractivity contribution is 5.51. The molecule has 0 aliphatic rings. The van der Waals surface area contributed by atoms with Crippen molar-refractivity contribution in [3.8, 4) is 0 Å². The molecule has 0 saturated carbocycles. The second-order valence-corrected chi connectivity index (χ2v) is 3.70. The van der Waals surface area contributed by atoms with Crippen LogP contribution in [0.4, 0.5) is 4.39 Å². The van der Waals surface area contributed by atoms with Crippen LogP contribution in [0.5, 0.6) is 0 Å². The van der Waals surface area contributed by atoms with Crippen molar-refractivity contribution in [1.29, 1.82) is 0 Å². The van der Waals surface area contributed by atoms with Gasteiger partial charge < -0.3 is 10.1 Å². The van der Waals surface area contributed by atoms with E-state index in [4.69, 9.17) is 5.11 Å². The monoisotopic (exact) mass is 232 g/mol. The van der Waals surface area contributed by atoms with Gasteiger partial charge >= 0.3 is 0 Å². The normalized spacial score (nSPS) is 11.8. The molecule has 2 rings (SSSR count). The molecule has 1 aromatic heterocycles. The van der Waals surface area contributed by atoms with E-state index in [1.54, 1.807) is 12.4 Å². The Morgan fingerprint density at radius 1 is 1.35 bits per heavy atom. The van der Waals surface area contributed by atoms with E-state index >= 15 is 0 Å². The van der Waals surface area contributed by atoms with Crippen LogP contribution in [0.1, 0.15) is 17.0 Å². The number of halogens is 1. The maximum Gasteiger partial charge on any atom is 0.126 e. The van der Waals surface area contributed by atoms with Gasteiger partial charge in [-0.3, -0.25) is 0 Å². The van der Waals surface area contributed by atoms with Gasteiger partial charge in [-0.2, -0.15) is 0 Å². The fourth-order valence-corrected chi connectivity index (χ4v) is 1.55. The molecule has 88 valence electrons. The predicted molar refractivity (Wildman–Crippen MR) is 64.0 cm³/mol. The minimum absolute atomic E-state index is 0.538. The highest BCUT2D eigenvalue weighted by atomic mass is 19.1. The van der Waals surface area contributed by atoms with Crippen LogP contribution in [-0.2, 0) is 6.42 Å². The number of nitrogens with zero attached hydrogens (tertiary/aromatic N) is 1. The lowest BCUT2D eigenvalue weighted by atomic mass is 10.1. The van der Waals surface area contributed by atoms with Gasteiger partial charge in [-0.15, -0.1) is 0 Å². The van der Waals surface area contributed by atoms with Crippen molar-refractivity contribution in [2.75, 3.05) is 6.61 Å². The topological polar surface area (TPSA) is 48.9 Å². The van der Waals surface area contributed by atoms with E-state index in [1.165, 1.54) is 6.08 Å². The van der Waals surface area contributed by atoms with Gasteiger partial charge in [0.1, 0.15) is 11.7 Å². The molecule has 0 radical (unpaired) electrons. The lowest BCUT2D eigenvalue weighted by Gasteiger charge is -2.00. The molecule has 0 bridgehead atoms. The summed E-state index contributed by atoms with van der Waals surface area (Å²) in [6, 6.07) is 7.46. The van der Waals surface area contributed by atoms with Crippen molar-refractivity contribution >= 4 is 6.08 Å². The van der Waals surface area contributed by atoms with Crippen molar-refractivity contribution < 1.29 is 9.50 Å². The van der Waals surface area contributed by atoms with Crippen molar-refractivity contribution in [2.24, 2.45) is 0 Å². The molecular formula is C13H13FN2O. The van der Waals surface area contributed by atoms with Crippen molar-refractivity contribution in [1.82, 2.24) is 9.97 Å². The van der Waals surface area contributed by atoms with Gasteiger partial charge in [0.05, 0.1) is 6.61 Å². The Morgan fingerprint density at radius 2 is 2.12 bits per heavy atom. The lowest BCUT2D eigenvalue weighted by Crippen LogP contribution is -1.90. The Kier molecular flexibility index (Phi) is 3.67. The van der Waals surface area contributed by atoms with Gasteiger partial charge in [0.25, 0.3) is 0 Å². The average Bonchev–Trinajstić information content (AvgIpc) is 2.84. The summed E-state index contributed by atoms with van der Waals surface area (Å²) in [7, 11) is 0. The molecule has 0 spiro atoms. The van der Waals surface area contributed by atoms with E-state index in [0.717, 1.165) is 23.4 Å². The molecule has 3 nitrogen and oxygen atoms in total. The minimum Gasteiger partial charge on any atom is -0.389 e. The summed E-state index contributed by atoms with van der Waals surface area (Å²) in [6.45, 7) is -0.561. The maximum atomic E-state index is 12.8. The Hall–Kier alpha value is -1.94. The molecule has 17 heavy (non-hydrogen) atoms. The standard InChI is InChI=1S/C13H13FN2O/c14-12(9-17)7-10-1-3-11(4-2-10)8-13-15-5-6-16-13/h1-7,17H,8-9H2,(H,15,16)/b12-7-. The van der Waals surface area contributed by atoms with Crippen LogP contribution in [0.15, 0.2) is 42.5 Å². The number of aliphatic hydroxyl groups is 1. The van der Waals surface area contributed by atoms with E-state index in [-0.39, 0.29) is 0 Å². The number of H-pyrrole nitrogens is 1. The first kappa shape index (κ1) is 11.5. The minimum atomic E-state index is -0.561. The number of aromatic nitrogens is 2. The number of nitrogens with one attached hydrogen (secondary N) is 1. The predicted octanol–water partition coefficient (Wildman–Crippen LogP) is 2.30. The zero-order valence-corrected chi connectivity index (χ0v) is 9.23. The molecule has 0 saturated heterocycles. The van der Waals surface area contributed by atoms with Gasteiger partial charge in [0.15, 0.2) is 0 Å². The third-order valence-corrected chi connectivity index (χ3v) is 2.38. The summed E-state index contributed by atoms with van der Waals surface area (Å²) < 4.78 is 12.8. The average molecular weight is 232 g/mol. The largest absolute Gasteiger partial charge is 0.389 e. The fourth-order valence-electron chi connectivity index (χ4n) is 1.55. The molecule has 0 aliphatic heterocycles. The molecule has 2 aromatic rings. The Bertz CT molecular complexity index is 489. The van der Waals surface area contributed by atoms with Crippen LogP contribution in [-0.4, -0.2) is 21.7 Å². The molecule has 0 fully saturated rings. The number of hydrogen-bond donors (Lipinski definition) is 2. The van der Waals surface area contributed by atoms with E-state index in [1.807, 2.05) is 24.3 Å². The molecule has 0 atom stereocenters. The highest BCUT2D eigenvalue weighted by Gasteiger charge is 1.98. The summed E-state index contributed by atoms with van der Waals surface area (Å²) >= 11 is 0. The summed E-state index contributed by atoms with van der Waals surface area (Å²) in [5.41, 5.74) is 1.83. The van der Waals surface area contributed by atoms with Crippen LogP contribution in [0.25, 0.3) is 6.08 Å². The van der Waals surface area contributed by atoms with E-state index in [0.29, 0.717) is 0 Å². The number of rotatable bonds is 4. The van der Waals surface area contributed by atoms with Crippen molar-refractivity contribution in [3.05, 3.63) is 59.4 Å². The van der Waals surface area contributed by atoms with E-state index in [9.17, 15) is 4.39 Å². The summed E-state index contributed by atoms with van der Waals surface area (Å²) in [5, 5.41) is 8.57. The van der Waals surface area contributed by atoms with Gasteiger partial charge in [-0.25, -0.2) is 9.37 Å². The van der Waals surface area contributed by atoms with Crippen LogP contribution >= 0.6 is 0 Å². The number of imidazole rings is 1. The van der Waals surface area contributed by atoms with Gasteiger partial charge in [0, 0.05) is 18.8 Å². The quantitative estimate of drug-likeness (QED) is 0.849. The Morgan fingerprint density at radius 3 is 2.71 bits per heavy atom. The highest BCUT2D eigenvalue weighted by Crippen LogP contribution is 2.11. The number of benzene rings is 1. The zero-order chi connectivity index (χ0) is 12.1. The van der Waals surface area contributed by atoms with Crippen LogP contribution < -0.4 is 0 Å². The number of hydrogen-bond acceptors (Lipinski definition) is 2. The molecule has 2 N–H and O–H groups in total. The molecule has 1 aromatic carbocycles. The first-order valence-corrected chi connectivity index (χ1v) is 5.32. The first-order valence-electron chi connectivity index (χ1n) is 5.32. The molecular weight excluding hydrogens is 219 g/mol. The summed E-state index contributed by atoms with van der Waals surface area (Å²) in [6.07, 6.45) is 5.53. The second-order valence-electron chi connectivity index (χ2n) is 3.70. The Labute approximate surface area is 98.6 Å². The number of aromatic amines is 1. The fraction of sp³-hybridized carbons (Fsp3) is 0.154. The molecule has 4 heteroatoms. The summed E-state index contributed by atoms with van der Waals surface area (Å²) in [4.78, 5) is 7.16. The van der Waals surface area contributed by atoms with Gasteiger partial charge in [0.2, 0.25) is 0 Å². The molecule has 0 amide bonds. The zero-order valence-electron chi connectivity index (χ0n) is 9.23. The van der Waals surface area contributed by atoms with E-state index < -0.39 is 12.4 Å².